The number of rotatable bonds is 11. The Morgan fingerprint density at radius 2 is 1.71 bits per heavy atom. The molecule has 17 heavy (non-hydrogen) atoms. The van der Waals surface area contributed by atoms with Crippen LogP contribution in [0.5, 0.6) is 0 Å². The van der Waals surface area contributed by atoms with E-state index in [4.69, 9.17) is 4.74 Å². The van der Waals surface area contributed by atoms with Crippen LogP contribution in [-0.2, 0) is 4.74 Å². The van der Waals surface area contributed by atoms with E-state index in [-0.39, 0.29) is 0 Å². The van der Waals surface area contributed by atoms with Gasteiger partial charge in [-0.25, -0.2) is 0 Å². The molecule has 0 fully saturated rings. The number of unbranched alkanes of at least 4 members (excludes halogenated alkanes) is 1. The molecule has 0 aromatic rings. The SMILES string of the molecule is CCC(C)CC(CC)NCCCCOC(C)C. The summed E-state index contributed by atoms with van der Waals surface area (Å²) < 4.78 is 5.53. The normalized spacial score (nSPS) is 15.2. The fourth-order valence-electron chi connectivity index (χ4n) is 1.90. The molecule has 1 N–H and O–H groups in total. The standard InChI is InChI=1S/C15H33NO/c1-6-14(5)12-15(7-2)16-10-8-9-11-17-13(3)4/h13-16H,6-12H2,1-5H3. The third-order valence-electron chi connectivity index (χ3n) is 3.33. The molecular weight excluding hydrogens is 210 g/mol. The summed E-state index contributed by atoms with van der Waals surface area (Å²) in [7, 11) is 0. The van der Waals surface area contributed by atoms with Gasteiger partial charge in [-0.3, -0.25) is 0 Å². The topological polar surface area (TPSA) is 21.3 Å². The summed E-state index contributed by atoms with van der Waals surface area (Å²) >= 11 is 0. The molecule has 0 spiro atoms. The van der Waals surface area contributed by atoms with Crippen LogP contribution in [0.3, 0.4) is 0 Å². The van der Waals surface area contributed by atoms with E-state index >= 15 is 0 Å². The summed E-state index contributed by atoms with van der Waals surface area (Å²) in [5.41, 5.74) is 0. The quantitative estimate of drug-likeness (QED) is 0.554. The van der Waals surface area contributed by atoms with Gasteiger partial charge in [0.2, 0.25) is 0 Å². The Morgan fingerprint density at radius 3 is 2.24 bits per heavy atom. The van der Waals surface area contributed by atoms with Gasteiger partial charge >= 0.3 is 0 Å². The third-order valence-corrected chi connectivity index (χ3v) is 3.33. The molecule has 2 nitrogen and oxygen atoms in total. The maximum Gasteiger partial charge on any atom is 0.0518 e. The number of ether oxygens (including phenoxy) is 1. The minimum atomic E-state index is 0.372. The molecule has 0 aromatic carbocycles. The number of nitrogens with one attached hydrogen (secondary N) is 1. The highest BCUT2D eigenvalue weighted by molar-refractivity contribution is 4.67. The van der Waals surface area contributed by atoms with Crippen molar-refractivity contribution in [1.82, 2.24) is 5.32 Å². The predicted octanol–water partition coefficient (Wildman–Crippen LogP) is 4.00. The zero-order chi connectivity index (χ0) is 13.1. The van der Waals surface area contributed by atoms with Crippen molar-refractivity contribution in [2.24, 2.45) is 5.92 Å². The van der Waals surface area contributed by atoms with Gasteiger partial charge in [-0.1, -0.05) is 27.2 Å². The third kappa shape index (κ3) is 10.8. The highest BCUT2D eigenvalue weighted by atomic mass is 16.5. The predicted molar refractivity (Wildman–Crippen MR) is 76.5 cm³/mol. The molecule has 0 aromatic heterocycles. The summed E-state index contributed by atoms with van der Waals surface area (Å²) in [5.74, 6) is 0.844. The Kier molecular flexibility index (Phi) is 11.0. The van der Waals surface area contributed by atoms with Crippen molar-refractivity contribution in [2.75, 3.05) is 13.2 Å². The molecule has 0 aliphatic rings. The summed E-state index contributed by atoms with van der Waals surface area (Å²) in [4.78, 5) is 0. The maximum absolute atomic E-state index is 5.53. The molecule has 0 bridgehead atoms. The molecule has 0 aliphatic heterocycles. The van der Waals surface area contributed by atoms with Crippen molar-refractivity contribution < 1.29 is 4.74 Å². The zero-order valence-electron chi connectivity index (χ0n) is 12.6. The van der Waals surface area contributed by atoms with E-state index in [9.17, 15) is 0 Å². The molecular formula is C15H33NO. The van der Waals surface area contributed by atoms with Gasteiger partial charge in [0.15, 0.2) is 0 Å². The van der Waals surface area contributed by atoms with Crippen LogP contribution >= 0.6 is 0 Å². The van der Waals surface area contributed by atoms with Crippen LogP contribution in [0.1, 0.15) is 66.7 Å². The Balaban J connectivity index is 3.43. The lowest BCUT2D eigenvalue weighted by Gasteiger charge is -2.20. The summed E-state index contributed by atoms with van der Waals surface area (Å²) in [6.07, 6.45) is 6.62. The van der Waals surface area contributed by atoms with Crippen LogP contribution in [0.25, 0.3) is 0 Å². The first-order valence-corrected chi connectivity index (χ1v) is 7.45. The van der Waals surface area contributed by atoms with Gasteiger partial charge in [0.1, 0.15) is 0 Å². The Bertz CT molecular complexity index is 159. The van der Waals surface area contributed by atoms with E-state index in [0.717, 1.165) is 19.1 Å². The van der Waals surface area contributed by atoms with Crippen molar-refractivity contribution in [3.63, 3.8) is 0 Å². The Labute approximate surface area is 109 Å². The molecule has 2 heteroatoms. The maximum atomic E-state index is 5.53. The van der Waals surface area contributed by atoms with Crippen LogP contribution < -0.4 is 5.32 Å². The van der Waals surface area contributed by atoms with Crippen molar-refractivity contribution in [2.45, 2.75) is 78.9 Å². The molecule has 0 radical (unpaired) electrons. The van der Waals surface area contributed by atoms with E-state index in [1.54, 1.807) is 0 Å². The summed E-state index contributed by atoms with van der Waals surface area (Å²) in [6, 6.07) is 0.705. The molecule has 0 aliphatic carbocycles. The molecule has 2 atom stereocenters. The van der Waals surface area contributed by atoms with Crippen LogP contribution in [0.4, 0.5) is 0 Å². The number of hydrogen-bond donors (Lipinski definition) is 1. The van der Waals surface area contributed by atoms with Gasteiger partial charge in [-0.05, 0) is 52.0 Å². The van der Waals surface area contributed by atoms with Crippen LogP contribution in [-0.4, -0.2) is 25.3 Å². The van der Waals surface area contributed by atoms with E-state index in [2.05, 4.69) is 39.9 Å². The average molecular weight is 243 g/mol. The van der Waals surface area contributed by atoms with Gasteiger partial charge in [0.05, 0.1) is 6.10 Å². The van der Waals surface area contributed by atoms with Crippen molar-refractivity contribution in [3.8, 4) is 0 Å². The van der Waals surface area contributed by atoms with Gasteiger partial charge in [-0.15, -0.1) is 0 Å². The monoisotopic (exact) mass is 243 g/mol. The zero-order valence-corrected chi connectivity index (χ0v) is 12.6. The van der Waals surface area contributed by atoms with E-state index in [1.165, 1.54) is 32.1 Å². The van der Waals surface area contributed by atoms with Crippen molar-refractivity contribution in [3.05, 3.63) is 0 Å². The highest BCUT2D eigenvalue weighted by Gasteiger charge is 2.09. The van der Waals surface area contributed by atoms with Crippen molar-refractivity contribution >= 4 is 0 Å². The second-order valence-corrected chi connectivity index (χ2v) is 5.44. The molecule has 2 unspecified atom stereocenters. The van der Waals surface area contributed by atoms with E-state index in [0.29, 0.717) is 12.1 Å². The first-order valence-electron chi connectivity index (χ1n) is 7.45. The van der Waals surface area contributed by atoms with E-state index in [1.807, 2.05) is 0 Å². The summed E-state index contributed by atoms with van der Waals surface area (Å²) in [5, 5.41) is 3.67. The lowest BCUT2D eigenvalue weighted by atomic mass is 9.98. The fourth-order valence-corrected chi connectivity index (χ4v) is 1.90. The molecule has 0 rings (SSSR count). The Morgan fingerprint density at radius 1 is 1.00 bits per heavy atom. The minimum Gasteiger partial charge on any atom is -0.379 e. The molecule has 0 heterocycles. The van der Waals surface area contributed by atoms with Gasteiger partial charge in [0, 0.05) is 12.6 Å². The lowest BCUT2D eigenvalue weighted by molar-refractivity contribution is 0.0759. The first-order chi connectivity index (χ1) is 8.10. The molecule has 0 saturated carbocycles. The number of hydrogen-bond acceptors (Lipinski definition) is 2. The van der Waals surface area contributed by atoms with Crippen LogP contribution in [0.2, 0.25) is 0 Å². The second-order valence-electron chi connectivity index (χ2n) is 5.44. The van der Waals surface area contributed by atoms with Crippen LogP contribution in [0, 0.1) is 5.92 Å². The highest BCUT2D eigenvalue weighted by Crippen LogP contribution is 2.11. The smallest absolute Gasteiger partial charge is 0.0518 e. The fraction of sp³-hybridized carbons (Fsp3) is 1.00. The van der Waals surface area contributed by atoms with Gasteiger partial charge in [0.25, 0.3) is 0 Å². The summed E-state index contributed by atoms with van der Waals surface area (Å²) in [6.45, 7) is 13.1. The average Bonchev–Trinajstić information content (AvgIpc) is 2.31. The minimum absolute atomic E-state index is 0.372. The van der Waals surface area contributed by atoms with E-state index < -0.39 is 0 Å². The first kappa shape index (κ1) is 16.9. The van der Waals surface area contributed by atoms with Gasteiger partial charge < -0.3 is 10.1 Å². The Hall–Kier alpha value is -0.0800. The second kappa shape index (κ2) is 11.0. The van der Waals surface area contributed by atoms with Crippen LogP contribution in [0.15, 0.2) is 0 Å². The largest absolute Gasteiger partial charge is 0.379 e. The lowest BCUT2D eigenvalue weighted by Crippen LogP contribution is -2.31. The van der Waals surface area contributed by atoms with Gasteiger partial charge in [-0.2, -0.15) is 0 Å². The van der Waals surface area contributed by atoms with Crippen molar-refractivity contribution in [1.29, 1.82) is 0 Å². The molecule has 0 saturated heterocycles. The molecule has 0 amide bonds. The molecule has 104 valence electrons.